The minimum absolute atomic E-state index is 0.109. The van der Waals surface area contributed by atoms with Crippen molar-refractivity contribution in [3.63, 3.8) is 0 Å². The molecule has 2 unspecified atom stereocenters. The molecular weight excluding hydrogens is 293 g/mol. The third-order valence-corrected chi connectivity index (χ3v) is 5.48. The van der Waals surface area contributed by atoms with Gasteiger partial charge < -0.3 is 5.73 Å². The van der Waals surface area contributed by atoms with Crippen LogP contribution in [0.4, 0.5) is 4.39 Å². The van der Waals surface area contributed by atoms with Crippen molar-refractivity contribution in [2.24, 2.45) is 5.73 Å². The molecule has 2 aromatic rings. The van der Waals surface area contributed by atoms with Crippen LogP contribution in [0.1, 0.15) is 11.1 Å². The average Bonchev–Trinajstić information content (AvgIpc) is 2.87. The molecule has 1 aliphatic rings. The zero-order valence-electron chi connectivity index (χ0n) is 10.9. The van der Waals surface area contributed by atoms with Gasteiger partial charge in [0.25, 0.3) is 0 Å². The van der Waals surface area contributed by atoms with Gasteiger partial charge in [-0.3, -0.25) is 0 Å². The molecule has 104 valence electrons. The fourth-order valence-electron chi connectivity index (χ4n) is 2.54. The van der Waals surface area contributed by atoms with E-state index in [9.17, 15) is 4.39 Å². The quantitative estimate of drug-likeness (QED) is 0.925. The zero-order valence-corrected chi connectivity index (χ0v) is 12.4. The van der Waals surface area contributed by atoms with Crippen LogP contribution in [-0.4, -0.2) is 11.3 Å². The van der Waals surface area contributed by atoms with E-state index in [1.54, 1.807) is 23.9 Å². The molecule has 4 heteroatoms. The molecule has 20 heavy (non-hydrogen) atoms. The Morgan fingerprint density at radius 3 is 2.80 bits per heavy atom. The maximum absolute atomic E-state index is 13.8. The highest BCUT2D eigenvalue weighted by molar-refractivity contribution is 8.00. The van der Waals surface area contributed by atoms with Gasteiger partial charge in [0.05, 0.1) is 0 Å². The lowest BCUT2D eigenvalue weighted by atomic mass is 9.99. The first-order valence-corrected chi connectivity index (χ1v) is 7.84. The van der Waals surface area contributed by atoms with Crippen LogP contribution in [0, 0.1) is 5.82 Å². The molecule has 2 aromatic carbocycles. The molecule has 0 saturated carbocycles. The van der Waals surface area contributed by atoms with Gasteiger partial charge in [-0.05, 0) is 36.6 Å². The van der Waals surface area contributed by atoms with Crippen molar-refractivity contribution in [3.8, 4) is 0 Å². The van der Waals surface area contributed by atoms with Gasteiger partial charge in [-0.2, -0.15) is 0 Å². The molecule has 0 saturated heterocycles. The van der Waals surface area contributed by atoms with E-state index in [4.69, 9.17) is 17.3 Å². The number of nitrogens with two attached hydrogens (primary N) is 1. The van der Waals surface area contributed by atoms with Crippen LogP contribution in [0.5, 0.6) is 0 Å². The van der Waals surface area contributed by atoms with E-state index >= 15 is 0 Å². The Morgan fingerprint density at radius 2 is 2.05 bits per heavy atom. The maximum atomic E-state index is 13.8. The molecule has 3 rings (SSSR count). The van der Waals surface area contributed by atoms with Gasteiger partial charge in [0.15, 0.2) is 0 Å². The molecule has 0 radical (unpaired) electrons. The first kappa shape index (κ1) is 13.9. The molecule has 1 heterocycles. The van der Waals surface area contributed by atoms with Crippen molar-refractivity contribution in [3.05, 3.63) is 64.4 Å². The summed E-state index contributed by atoms with van der Waals surface area (Å²) in [5, 5.41) is 0.740. The van der Waals surface area contributed by atoms with Crippen LogP contribution < -0.4 is 5.73 Å². The number of halogens is 2. The number of benzene rings is 2. The van der Waals surface area contributed by atoms with Crippen LogP contribution in [0.15, 0.2) is 47.4 Å². The number of thioether (sulfide) groups is 1. The molecule has 0 bridgehead atoms. The lowest BCUT2D eigenvalue weighted by molar-refractivity contribution is 0.575. The van der Waals surface area contributed by atoms with E-state index in [1.807, 2.05) is 12.1 Å². The molecule has 0 spiro atoms. The van der Waals surface area contributed by atoms with E-state index in [1.165, 1.54) is 16.5 Å². The minimum atomic E-state index is -0.270. The largest absolute Gasteiger partial charge is 0.326 e. The lowest BCUT2D eigenvalue weighted by Crippen LogP contribution is -2.34. The lowest BCUT2D eigenvalue weighted by Gasteiger charge is -2.19. The summed E-state index contributed by atoms with van der Waals surface area (Å²) in [5.74, 6) is -0.270. The zero-order chi connectivity index (χ0) is 14.1. The van der Waals surface area contributed by atoms with E-state index in [2.05, 4.69) is 12.1 Å². The average molecular weight is 308 g/mol. The molecule has 0 amide bonds. The highest BCUT2D eigenvalue weighted by Gasteiger charge is 2.28. The normalized spacial score (nSPS) is 18.9. The van der Waals surface area contributed by atoms with Gasteiger partial charge in [0.2, 0.25) is 0 Å². The summed E-state index contributed by atoms with van der Waals surface area (Å²) < 4.78 is 13.8. The van der Waals surface area contributed by atoms with Crippen molar-refractivity contribution >= 4 is 23.4 Å². The van der Waals surface area contributed by atoms with Gasteiger partial charge in [-0.25, -0.2) is 4.39 Å². The van der Waals surface area contributed by atoms with Crippen LogP contribution in [0.3, 0.4) is 0 Å². The third kappa shape index (κ3) is 2.71. The second kappa shape index (κ2) is 5.76. The predicted molar refractivity (Wildman–Crippen MR) is 82.9 cm³/mol. The Hall–Kier alpha value is -1.03. The monoisotopic (exact) mass is 307 g/mol. The van der Waals surface area contributed by atoms with Crippen molar-refractivity contribution in [2.75, 3.05) is 0 Å². The summed E-state index contributed by atoms with van der Waals surface area (Å²) in [4.78, 5) is 1.28. The van der Waals surface area contributed by atoms with E-state index in [0.29, 0.717) is 17.0 Å². The fraction of sp³-hybridized carbons (Fsp3) is 0.250. The molecule has 0 aromatic heterocycles. The summed E-state index contributed by atoms with van der Waals surface area (Å²) in [7, 11) is 0. The Balaban J connectivity index is 1.74. The van der Waals surface area contributed by atoms with Crippen LogP contribution in [0.25, 0.3) is 0 Å². The fourth-order valence-corrected chi connectivity index (χ4v) is 4.10. The summed E-state index contributed by atoms with van der Waals surface area (Å²) in [6, 6.07) is 13.0. The Bertz CT molecular complexity index is 586. The molecule has 2 atom stereocenters. The molecule has 2 N–H and O–H groups in total. The maximum Gasteiger partial charge on any atom is 0.127 e. The van der Waals surface area contributed by atoms with Gasteiger partial charge >= 0.3 is 0 Å². The molecule has 0 fully saturated rings. The van der Waals surface area contributed by atoms with Gasteiger partial charge in [0.1, 0.15) is 5.82 Å². The number of rotatable bonds is 3. The minimum Gasteiger partial charge on any atom is -0.326 e. The molecule has 1 aliphatic heterocycles. The van der Waals surface area contributed by atoms with Crippen molar-refractivity contribution in [1.29, 1.82) is 0 Å². The van der Waals surface area contributed by atoms with Crippen LogP contribution >= 0.6 is 23.4 Å². The predicted octanol–water partition coefficient (Wildman–Crippen LogP) is 4.07. The van der Waals surface area contributed by atoms with E-state index in [0.717, 1.165) is 6.42 Å². The van der Waals surface area contributed by atoms with Gasteiger partial charge in [-0.1, -0.05) is 35.9 Å². The Morgan fingerprint density at radius 1 is 1.25 bits per heavy atom. The van der Waals surface area contributed by atoms with Crippen molar-refractivity contribution in [2.45, 2.75) is 29.0 Å². The molecule has 1 nitrogen and oxygen atoms in total. The summed E-state index contributed by atoms with van der Waals surface area (Å²) >= 11 is 7.85. The summed E-state index contributed by atoms with van der Waals surface area (Å²) in [6.07, 6.45) is 1.41. The second-order valence-corrected chi connectivity index (χ2v) is 6.72. The number of fused-ring (bicyclic) bond motifs is 1. The van der Waals surface area contributed by atoms with Gasteiger partial charge in [-0.15, -0.1) is 11.8 Å². The van der Waals surface area contributed by atoms with Crippen molar-refractivity contribution < 1.29 is 4.39 Å². The smallest absolute Gasteiger partial charge is 0.127 e. The summed E-state index contributed by atoms with van der Waals surface area (Å²) in [5.41, 5.74) is 8.14. The van der Waals surface area contributed by atoms with E-state index < -0.39 is 0 Å². The van der Waals surface area contributed by atoms with Crippen LogP contribution in [-0.2, 0) is 12.8 Å². The number of hydrogen-bond acceptors (Lipinski definition) is 2. The standard InChI is InChI=1S/C16H15ClFNS/c17-12-5-3-6-13(18)11(12)9-14(19)16-8-10-4-1-2-7-15(10)20-16/h1-7,14,16H,8-9,19H2. The Kier molecular flexibility index (Phi) is 4.01. The SMILES string of the molecule is NC(Cc1c(F)cccc1Cl)C1Cc2ccccc2S1. The van der Waals surface area contributed by atoms with Crippen molar-refractivity contribution in [1.82, 2.24) is 0 Å². The highest BCUT2D eigenvalue weighted by Crippen LogP contribution is 2.38. The van der Waals surface area contributed by atoms with Gasteiger partial charge in [0, 0.05) is 26.8 Å². The summed E-state index contributed by atoms with van der Waals surface area (Å²) in [6.45, 7) is 0. The first-order valence-electron chi connectivity index (χ1n) is 6.58. The second-order valence-electron chi connectivity index (χ2n) is 5.04. The number of hydrogen-bond donors (Lipinski definition) is 1. The third-order valence-electron chi connectivity index (χ3n) is 3.65. The molecule has 0 aliphatic carbocycles. The first-order chi connectivity index (χ1) is 9.65. The Labute approximate surface area is 127 Å². The van der Waals surface area contributed by atoms with E-state index in [-0.39, 0.29) is 17.1 Å². The molecular formula is C16H15ClFNS. The highest BCUT2D eigenvalue weighted by atomic mass is 35.5. The van der Waals surface area contributed by atoms with Crippen LogP contribution in [0.2, 0.25) is 5.02 Å². The topological polar surface area (TPSA) is 26.0 Å².